The maximum atomic E-state index is 12.8. The average molecular weight is 439 g/mol. The Morgan fingerprint density at radius 2 is 1.62 bits per heavy atom. The van der Waals surface area contributed by atoms with E-state index in [1.54, 1.807) is 19.1 Å². The number of nitrogens with one attached hydrogen (secondary N) is 1. The van der Waals surface area contributed by atoms with Crippen LogP contribution in [0.5, 0.6) is 0 Å². The summed E-state index contributed by atoms with van der Waals surface area (Å²) in [5, 5.41) is 2.85. The van der Waals surface area contributed by atoms with E-state index < -0.39 is 10.0 Å². The fraction of sp³-hybridized carbons (Fsp3) is 0.316. The van der Waals surface area contributed by atoms with Gasteiger partial charge in [-0.25, -0.2) is 8.42 Å². The van der Waals surface area contributed by atoms with Crippen LogP contribution in [0.3, 0.4) is 0 Å². The molecule has 5 nitrogen and oxygen atoms in total. The minimum Gasteiger partial charge on any atom is -0.324 e. The van der Waals surface area contributed by atoms with Crippen LogP contribution in [0.1, 0.15) is 23.6 Å². The molecular formula is C19H23BrN2O3S. The Morgan fingerprint density at radius 3 is 2.12 bits per heavy atom. The first-order valence-corrected chi connectivity index (χ1v) is 10.5. The molecule has 0 bridgehead atoms. The number of benzene rings is 2. The lowest BCUT2D eigenvalue weighted by molar-refractivity contribution is -0.116. The van der Waals surface area contributed by atoms with Crippen LogP contribution in [-0.2, 0) is 14.8 Å². The number of hydrogen-bond acceptors (Lipinski definition) is 3. The fourth-order valence-corrected chi connectivity index (χ4v) is 4.51. The summed E-state index contributed by atoms with van der Waals surface area (Å²) >= 11 is 3.29. The third kappa shape index (κ3) is 4.72. The molecule has 0 aliphatic rings. The summed E-state index contributed by atoms with van der Waals surface area (Å²) < 4.78 is 27.5. The highest BCUT2D eigenvalue weighted by molar-refractivity contribution is 9.10. The van der Waals surface area contributed by atoms with Crippen molar-refractivity contribution < 1.29 is 13.2 Å². The summed E-state index contributed by atoms with van der Waals surface area (Å²) in [5.41, 5.74) is 3.76. The van der Waals surface area contributed by atoms with Crippen molar-refractivity contribution >= 4 is 37.5 Å². The number of rotatable bonds is 6. The topological polar surface area (TPSA) is 66.5 Å². The zero-order valence-corrected chi connectivity index (χ0v) is 17.7. The molecule has 140 valence electrons. The van der Waals surface area contributed by atoms with Crippen molar-refractivity contribution in [1.82, 2.24) is 4.31 Å². The Morgan fingerprint density at radius 1 is 1.08 bits per heavy atom. The number of amides is 1. The molecule has 0 heterocycles. The quantitative estimate of drug-likeness (QED) is 0.740. The van der Waals surface area contributed by atoms with Gasteiger partial charge in [0.1, 0.15) is 0 Å². The number of carbonyl (C=O) groups excluding carboxylic acids is 1. The Hall–Kier alpha value is -1.70. The third-order valence-electron chi connectivity index (χ3n) is 4.07. The summed E-state index contributed by atoms with van der Waals surface area (Å²) in [7, 11) is -3.73. The molecule has 0 fully saturated rings. The maximum Gasteiger partial charge on any atom is 0.243 e. The van der Waals surface area contributed by atoms with E-state index in [4.69, 9.17) is 0 Å². The van der Waals surface area contributed by atoms with Gasteiger partial charge in [-0.15, -0.1) is 0 Å². The Kier molecular flexibility index (Phi) is 6.60. The molecule has 0 unspecified atom stereocenters. The van der Waals surface area contributed by atoms with Gasteiger partial charge >= 0.3 is 0 Å². The molecule has 0 aliphatic carbocycles. The Bertz CT molecular complexity index is 886. The molecule has 26 heavy (non-hydrogen) atoms. The first-order chi connectivity index (χ1) is 12.1. The minimum atomic E-state index is -3.73. The standard InChI is InChI=1S/C19H23BrN2O3S/c1-5-22(26(24,25)17-8-6-16(20)7-9-17)12-18(23)21-19-14(3)10-13(2)11-15(19)4/h6-11H,5,12H2,1-4H3,(H,21,23). The van der Waals surface area contributed by atoms with Crippen molar-refractivity contribution in [3.05, 3.63) is 57.6 Å². The molecule has 2 aromatic carbocycles. The summed E-state index contributed by atoms with van der Waals surface area (Å²) in [6, 6.07) is 10.3. The summed E-state index contributed by atoms with van der Waals surface area (Å²) in [5.74, 6) is -0.359. The van der Waals surface area contributed by atoms with Crippen LogP contribution in [0.15, 0.2) is 45.8 Å². The van der Waals surface area contributed by atoms with Gasteiger partial charge in [0.05, 0.1) is 11.4 Å². The van der Waals surface area contributed by atoms with Gasteiger partial charge in [-0.3, -0.25) is 4.79 Å². The molecule has 0 spiro atoms. The minimum absolute atomic E-state index is 0.165. The second kappa shape index (κ2) is 8.33. The predicted molar refractivity (Wildman–Crippen MR) is 108 cm³/mol. The third-order valence-corrected chi connectivity index (χ3v) is 6.53. The van der Waals surface area contributed by atoms with Crippen molar-refractivity contribution in [3.8, 4) is 0 Å². The van der Waals surface area contributed by atoms with E-state index in [0.717, 1.165) is 26.9 Å². The van der Waals surface area contributed by atoms with Crippen molar-refractivity contribution in [3.63, 3.8) is 0 Å². The highest BCUT2D eigenvalue weighted by Crippen LogP contribution is 2.23. The van der Waals surface area contributed by atoms with Gasteiger partial charge in [0, 0.05) is 16.7 Å². The van der Waals surface area contributed by atoms with Crippen LogP contribution in [0.25, 0.3) is 0 Å². The van der Waals surface area contributed by atoms with Gasteiger partial charge in [0.15, 0.2) is 0 Å². The molecule has 0 atom stereocenters. The van der Waals surface area contributed by atoms with E-state index in [2.05, 4.69) is 21.2 Å². The normalized spacial score (nSPS) is 11.6. The van der Waals surface area contributed by atoms with Crippen LogP contribution in [0, 0.1) is 20.8 Å². The van der Waals surface area contributed by atoms with Crippen molar-refractivity contribution in [2.45, 2.75) is 32.6 Å². The molecule has 1 amide bonds. The van der Waals surface area contributed by atoms with E-state index in [1.165, 1.54) is 16.4 Å². The summed E-state index contributed by atoms with van der Waals surface area (Å²) in [4.78, 5) is 12.6. The molecule has 0 radical (unpaired) electrons. The monoisotopic (exact) mass is 438 g/mol. The van der Waals surface area contributed by atoms with Crippen LogP contribution >= 0.6 is 15.9 Å². The van der Waals surface area contributed by atoms with Gasteiger partial charge in [-0.05, 0) is 56.2 Å². The Labute approximate surface area is 163 Å². The predicted octanol–water partition coefficient (Wildman–Crippen LogP) is 4.02. The second-order valence-electron chi connectivity index (χ2n) is 6.21. The lowest BCUT2D eigenvalue weighted by Gasteiger charge is -2.21. The number of sulfonamides is 1. The highest BCUT2D eigenvalue weighted by Gasteiger charge is 2.25. The lowest BCUT2D eigenvalue weighted by Crippen LogP contribution is -2.38. The van der Waals surface area contributed by atoms with E-state index in [-0.39, 0.29) is 23.9 Å². The van der Waals surface area contributed by atoms with Gasteiger partial charge in [-0.1, -0.05) is 40.5 Å². The van der Waals surface area contributed by atoms with Crippen LogP contribution < -0.4 is 5.32 Å². The highest BCUT2D eigenvalue weighted by atomic mass is 79.9. The SMILES string of the molecule is CCN(CC(=O)Nc1c(C)cc(C)cc1C)S(=O)(=O)c1ccc(Br)cc1. The van der Waals surface area contributed by atoms with Gasteiger partial charge in [-0.2, -0.15) is 4.31 Å². The fourth-order valence-electron chi connectivity index (χ4n) is 2.84. The zero-order valence-electron chi connectivity index (χ0n) is 15.3. The first kappa shape index (κ1) is 20.6. The van der Waals surface area contributed by atoms with E-state index in [9.17, 15) is 13.2 Å². The number of hydrogen-bond donors (Lipinski definition) is 1. The molecule has 0 saturated heterocycles. The number of likely N-dealkylation sites (N-methyl/N-ethyl adjacent to an activating group) is 1. The maximum absolute atomic E-state index is 12.8. The molecular weight excluding hydrogens is 416 g/mol. The van der Waals surface area contributed by atoms with Crippen molar-refractivity contribution in [2.24, 2.45) is 0 Å². The number of carbonyl (C=O) groups is 1. The van der Waals surface area contributed by atoms with Gasteiger partial charge in [0.25, 0.3) is 0 Å². The first-order valence-electron chi connectivity index (χ1n) is 8.28. The largest absolute Gasteiger partial charge is 0.324 e. The second-order valence-corrected chi connectivity index (χ2v) is 9.06. The number of anilines is 1. The molecule has 2 rings (SSSR count). The summed E-state index contributed by atoms with van der Waals surface area (Å²) in [6.45, 7) is 7.53. The van der Waals surface area contributed by atoms with E-state index in [0.29, 0.717) is 0 Å². The lowest BCUT2D eigenvalue weighted by atomic mass is 10.1. The van der Waals surface area contributed by atoms with Crippen LogP contribution in [0.2, 0.25) is 0 Å². The zero-order chi connectivity index (χ0) is 19.5. The molecule has 0 aromatic heterocycles. The smallest absolute Gasteiger partial charge is 0.243 e. The van der Waals surface area contributed by atoms with E-state index >= 15 is 0 Å². The molecule has 0 aliphatic heterocycles. The molecule has 7 heteroatoms. The number of nitrogens with zero attached hydrogens (tertiary/aromatic N) is 1. The van der Waals surface area contributed by atoms with Gasteiger partial charge < -0.3 is 5.32 Å². The summed E-state index contributed by atoms with van der Waals surface area (Å²) in [6.07, 6.45) is 0. The van der Waals surface area contributed by atoms with Crippen LogP contribution in [-0.4, -0.2) is 31.7 Å². The number of halogens is 1. The molecule has 2 aromatic rings. The average Bonchev–Trinajstić information content (AvgIpc) is 2.56. The molecule has 0 saturated carbocycles. The van der Waals surface area contributed by atoms with Crippen molar-refractivity contribution in [1.29, 1.82) is 0 Å². The Balaban J connectivity index is 2.19. The number of aryl methyl sites for hydroxylation is 3. The van der Waals surface area contributed by atoms with Gasteiger partial charge in [0.2, 0.25) is 15.9 Å². The van der Waals surface area contributed by atoms with E-state index in [1.807, 2.05) is 32.9 Å². The molecule has 1 N–H and O–H groups in total. The van der Waals surface area contributed by atoms with Crippen LogP contribution in [0.4, 0.5) is 5.69 Å². The van der Waals surface area contributed by atoms with Crippen molar-refractivity contribution in [2.75, 3.05) is 18.4 Å².